The number of nitrogens with zero attached hydrogens (tertiary/aromatic N) is 5. The lowest BCUT2D eigenvalue weighted by atomic mass is 10.2. The molecule has 0 saturated carbocycles. The predicted molar refractivity (Wildman–Crippen MR) is 101 cm³/mol. The van der Waals surface area contributed by atoms with Crippen LogP contribution in [0.2, 0.25) is 0 Å². The quantitative estimate of drug-likeness (QED) is 0.644. The molecule has 2 aromatic rings. The molecule has 0 aliphatic carbocycles. The van der Waals surface area contributed by atoms with Gasteiger partial charge in [0.25, 0.3) is 0 Å². The molecule has 6 nitrogen and oxygen atoms in total. The van der Waals surface area contributed by atoms with E-state index in [1.54, 1.807) is 11.3 Å². The highest BCUT2D eigenvalue weighted by Gasteiger charge is 2.11. The zero-order valence-corrected chi connectivity index (χ0v) is 16.3. The van der Waals surface area contributed by atoms with E-state index < -0.39 is 0 Å². The number of rotatable bonds is 6. The maximum absolute atomic E-state index is 4.53. The summed E-state index contributed by atoms with van der Waals surface area (Å²) in [6, 6.07) is 2.11. The Kier molecular flexibility index (Phi) is 6.36. The van der Waals surface area contributed by atoms with Crippen molar-refractivity contribution in [1.29, 1.82) is 0 Å². The second-order valence-electron chi connectivity index (χ2n) is 6.36. The van der Waals surface area contributed by atoms with Gasteiger partial charge < -0.3 is 10.2 Å². The van der Waals surface area contributed by atoms with Crippen molar-refractivity contribution in [2.75, 3.05) is 20.6 Å². The summed E-state index contributed by atoms with van der Waals surface area (Å²) in [6.07, 6.45) is 0. The smallest absolute Gasteiger partial charge is 0.193 e. The zero-order chi connectivity index (χ0) is 17.7. The lowest BCUT2D eigenvalue weighted by Crippen LogP contribution is -2.41. The van der Waals surface area contributed by atoms with Gasteiger partial charge in [-0.25, -0.2) is 4.98 Å². The summed E-state index contributed by atoms with van der Waals surface area (Å²) in [5.41, 5.74) is 3.36. The van der Waals surface area contributed by atoms with E-state index in [2.05, 4.69) is 55.3 Å². The van der Waals surface area contributed by atoms with E-state index in [9.17, 15) is 0 Å². The number of thiazole rings is 1. The molecule has 0 fully saturated rings. The second-order valence-corrected chi connectivity index (χ2v) is 7.42. The number of aliphatic imine (C=N–C) groups is 1. The highest BCUT2D eigenvalue weighted by Crippen LogP contribution is 2.10. The SMILES string of the molecule is CN=C(NCC(C)Cn1nc(C)cc1C)N(C)Cc1csc(C)n1. The van der Waals surface area contributed by atoms with Crippen LogP contribution in [0, 0.1) is 26.7 Å². The number of aromatic nitrogens is 3. The minimum Gasteiger partial charge on any atom is -0.356 e. The molecule has 132 valence electrons. The molecular weight excluding hydrogens is 320 g/mol. The van der Waals surface area contributed by atoms with Gasteiger partial charge in [-0.1, -0.05) is 6.92 Å². The fourth-order valence-corrected chi connectivity index (χ4v) is 3.27. The van der Waals surface area contributed by atoms with Gasteiger partial charge in [0, 0.05) is 38.3 Å². The fraction of sp³-hybridized carbons (Fsp3) is 0.588. The Morgan fingerprint density at radius 3 is 2.71 bits per heavy atom. The van der Waals surface area contributed by atoms with Crippen molar-refractivity contribution in [3.8, 4) is 0 Å². The first kappa shape index (κ1) is 18.4. The van der Waals surface area contributed by atoms with Gasteiger partial charge >= 0.3 is 0 Å². The van der Waals surface area contributed by atoms with E-state index in [4.69, 9.17) is 0 Å². The standard InChI is InChI=1S/C17H28N6S/c1-12(9-23-14(3)7-13(2)21-23)8-19-17(18-5)22(6)10-16-11-24-15(4)20-16/h7,11-12H,8-10H2,1-6H3,(H,18,19). The molecule has 2 heterocycles. The molecule has 1 unspecified atom stereocenters. The van der Waals surface area contributed by atoms with Crippen LogP contribution in [0.3, 0.4) is 0 Å². The van der Waals surface area contributed by atoms with Crippen molar-refractivity contribution in [2.45, 2.75) is 40.8 Å². The van der Waals surface area contributed by atoms with Crippen molar-refractivity contribution in [1.82, 2.24) is 25.0 Å². The molecule has 2 aromatic heterocycles. The van der Waals surface area contributed by atoms with E-state index in [-0.39, 0.29) is 0 Å². The molecule has 0 spiro atoms. The molecule has 1 atom stereocenters. The van der Waals surface area contributed by atoms with Crippen molar-refractivity contribution in [3.63, 3.8) is 0 Å². The summed E-state index contributed by atoms with van der Waals surface area (Å²) < 4.78 is 2.08. The molecule has 0 aliphatic heterocycles. The highest BCUT2D eigenvalue weighted by molar-refractivity contribution is 7.09. The van der Waals surface area contributed by atoms with Gasteiger partial charge in [-0.2, -0.15) is 5.10 Å². The summed E-state index contributed by atoms with van der Waals surface area (Å²) in [5.74, 6) is 1.34. The summed E-state index contributed by atoms with van der Waals surface area (Å²) in [5, 5.41) is 11.2. The normalized spacial score (nSPS) is 13.2. The molecule has 0 bridgehead atoms. The third-order valence-corrected chi connectivity index (χ3v) is 4.66. The zero-order valence-electron chi connectivity index (χ0n) is 15.5. The molecule has 0 aliphatic rings. The van der Waals surface area contributed by atoms with Crippen LogP contribution < -0.4 is 5.32 Å². The number of hydrogen-bond donors (Lipinski definition) is 1. The van der Waals surface area contributed by atoms with Crippen molar-refractivity contribution in [2.24, 2.45) is 10.9 Å². The van der Waals surface area contributed by atoms with E-state index in [0.717, 1.165) is 42.0 Å². The van der Waals surface area contributed by atoms with Gasteiger partial charge in [-0.15, -0.1) is 11.3 Å². The highest BCUT2D eigenvalue weighted by atomic mass is 32.1. The molecule has 0 radical (unpaired) electrons. The van der Waals surface area contributed by atoms with Gasteiger partial charge in [-0.05, 0) is 32.8 Å². The molecule has 2 rings (SSSR count). The van der Waals surface area contributed by atoms with Crippen LogP contribution in [0.15, 0.2) is 16.4 Å². The molecule has 1 N–H and O–H groups in total. The Morgan fingerprint density at radius 2 is 2.17 bits per heavy atom. The molecule has 0 saturated heterocycles. The fourth-order valence-electron chi connectivity index (χ4n) is 2.67. The molecule has 0 amide bonds. The van der Waals surface area contributed by atoms with Crippen LogP contribution >= 0.6 is 11.3 Å². The summed E-state index contributed by atoms with van der Waals surface area (Å²) in [6.45, 7) is 10.9. The minimum absolute atomic E-state index is 0.453. The Labute approximate surface area is 148 Å². The van der Waals surface area contributed by atoms with Crippen LogP contribution in [0.5, 0.6) is 0 Å². The van der Waals surface area contributed by atoms with Crippen LogP contribution in [-0.2, 0) is 13.1 Å². The number of aryl methyl sites for hydroxylation is 3. The Balaban J connectivity index is 1.85. The van der Waals surface area contributed by atoms with Crippen LogP contribution in [-0.4, -0.2) is 46.3 Å². The van der Waals surface area contributed by atoms with Gasteiger partial charge in [0.15, 0.2) is 5.96 Å². The van der Waals surface area contributed by atoms with Gasteiger partial charge in [0.1, 0.15) is 0 Å². The van der Waals surface area contributed by atoms with E-state index in [1.165, 1.54) is 5.69 Å². The maximum Gasteiger partial charge on any atom is 0.193 e. The maximum atomic E-state index is 4.53. The third-order valence-electron chi connectivity index (χ3n) is 3.84. The van der Waals surface area contributed by atoms with Crippen molar-refractivity contribution in [3.05, 3.63) is 33.5 Å². The molecule has 0 aromatic carbocycles. The minimum atomic E-state index is 0.453. The van der Waals surface area contributed by atoms with Gasteiger partial charge in [0.2, 0.25) is 0 Å². The van der Waals surface area contributed by atoms with E-state index in [0.29, 0.717) is 5.92 Å². The van der Waals surface area contributed by atoms with Gasteiger partial charge in [0.05, 0.1) is 22.9 Å². The summed E-state index contributed by atoms with van der Waals surface area (Å²) in [7, 11) is 3.85. The number of hydrogen-bond acceptors (Lipinski definition) is 4. The Bertz CT molecular complexity index is 687. The van der Waals surface area contributed by atoms with Crippen LogP contribution in [0.25, 0.3) is 0 Å². The van der Waals surface area contributed by atoms with E-state index >= 15 is 0 Å². The number of nitrogens with one attached hydrogen (secondary N) is 1. The van der Waals surface area contributed by atoms with E-state index in [1.807, 2.05) is 27.9 Å². The first-order chi connectivity index (χ1) is 11.4. The first-order valence-corrected chi connectivity index (χ1v) is 9.10. The summed E-state index contributed by atoms with van der Waals surface area (Å²) >= 11 is 1.68. The van der Waals surface area contributed by atoms with Crippen LogP contribution in [0.4, 0.5) is 0 Å². The average Bonchev–Trinajstić information content (AvgIpc) is 3.05. The van der Waals surface area contributed by atoms with Crippen LogP contribution in [0.1, 0.15) is 29.0 Å². The topological polar surface area (TPSA) is 58.3 Å². The molecule has 7 heteroatoms. The largest absolute Gasteiger partial charge is 0.356 e. The summed E-state index contributed by atoms with van der Waals surface area (Å²) in [4.78, 5) is 11.0. The predicted octanol–water partition coefficient (Wildman–Crippen LogP) is 2.61. The molecule has 24 heavy (non-hydrogen) atoms. The lowest BCUT2D eigenvalue weighted by molar-refractivity contribution is 0.417. The average molecular weight is 349 g/mol. The van der Waals surface area contributed by atoms with Crippen molar-refractivity contribution >= 4 is 17.3 Å². The van der Waals surface area contributed by atoms with Crippen molar-refractivity contribution < 1.29 is 0 Å². The molecular formula is C17H28N6S. The lowest BCUT2D eigenvalue weighted by Gasteiger charge is -2.23. The Morgan fingerprint density at radius 1 is 1.42 bits per heavy atom. The monoisotopic (exact) mass is 348 g/mol. The third kappa shape index (κ3) is 5.06. The Hall–Kier alpha value is -1.89. The van der Waals surface area contributed by atoms with Gasteiger partial charge in [-0.3, -0.25) is 9.67 Å². The first-order valence-electron chi connectivity index (χ1n) is 8.23. The second kappa shape index (κ2) is 8.28. The number of guanidine groups is 1.